The van der Waals surface area contributed by atoms with Crippen molar-refractivity contribution in [3.63, 3.8) is 0 Å². The van der Waals surface area contributed by atoms with Crippen LogP contribution in [0.5, 0.6) is 0 Å². The number of piperazine rings is 1. The van der Waals surface area contributed by atoms with Gasteiger partial charge in [0, 0.05) is 30.2 Å². The number of rotatable bonds is 6. The monoisotopic (exact) mass is 411 g/mol. The number of anilines is 1. The Kier molecular flexibility index (Phi) is 5.82. The van der Waals surface area contributed by atoms with E-state index in [-0.39, 0.29) is 5.82 Å². The van der Waals surface area contributed by atoms with Crippen molar-refractivity contribution in [2.75, 3.05) is 31.1 Å². The van der Waals surface area contributed by atoms with E-state index in [1.807, 2.05) is 39.6 Å². The molecule has 8 heteroatoms. The average Bonchev–Trinajstić information content (AvgIpc) is 3.06. The highest BCUT2D eigenvalue weighted by Crippen LogP contribution is 2.17. The van der Waals surface area contributed by atoms with Gasteiger partial charge in [-0.15, -0.1) is 11.7 Å². The zero-order valence-corrected chi connectivity index (χ0v) is 17.0. The summed E-state index contributed by atoms with van der Waals surface area (Å²) in [6.07, 6.45) is 5.38. The topological polar surface area (TPSA) is 43.3 Å². The zero-order chi connectivity index (χ0) is 20.2. The minimum atomic E-state index is -0.202. The zero-order valence-electron chi connectivity index (χ0n) is 16.2. The number of pyridine rings is 1. The molecule has 150 valence electrons. The Labute approximate surface area is 174 Å². The molecule has 0 amide bonds. The van der Waals surface area contributed by atoms with E-state index < -0.39 is 0 Å². The predicted molar refractivity (Wildman–Crippen MR) is 114 cm³/mol. The SMILES string of the molecule is C=CCn1c(-c2cccnc2)nn(C[NH+]2CCN(c3ccc(F)cc3)CC2)c1=S. The standard InChI is InChI=1S/C21H23FN6S/c1-2-10-27-20(17-4-3-9-23-15-17)24-28(21(27)29)16-25-11-13-26(14-12-25)19-7-5-18(22)6-8-19/h2-9,15H,1,10-14,16H2/p+1. The van der Waals surface area contributed by atoms with Crippen LogP contribution in [0.1, 0.15) is 0 Å². The minimum Gasteiger partial charge on any atom is -0.360 e. The molecule has 0 spiro atoms. The van der Waals surface area contributed by atoms with Crippen molar-refractivity contribution in [3.8, 4) is 11.4 Å². The first-order valence-electron chi connectivity index (χ1n) is 9.68. The fraction of sp³-hybridized carbons (Fsp3) is 0.286. The molecule has 29 heavy (non-hydrogen) atoms. The maximum absolute atomic E-state index is 13.2. The highest BCUT2D eigenvalue weighted by molar-refractivity contribution is 7.71. The van der Waals surface area contributed by atoms with Gasteiger partial charge in [-0.2, -0.15) is 4.68 Å². The number of allylic oxidation sites excluding steroid dienone is 1. The van der Waals surface area contributed by atoms with Crippen LogP contribution in [-0.4, -0.2) is 45.5 Å². The molecule has 3 aromatic rings. The lowest BCUT2D eigenvalue weighted by molar-refractivity contribution is -0.924. The lowest BCUT2D eigenvalue weighted by Crippen LogP contribution is -3.14. The molecular weight excluding hydrogens is 387 g/mol. The first kappa shape index (κ1) is 19.5. The molecule has 6 nitrogen and oxygen atoms in total. The normalized spacial score (nSPS) is 14.9. The fourth-order valence-corrected chi connectivity index (χ4v) is 3.92. The van der Waals surface area contributed by atoms with Gasteiger partial charge in [0.25, 0.3) is 0 Å². The summed E-state index contributed by atoms with van der Waals surface area (Å²) in [5.74, 6) is 0.610. The summed E-state index contributed by atoms with van der Waals surface area (Å²) >= 11 is 5.69. The number of nitrogens with zero attached hydrogens (tertiary/aromatic N) is 5. The Bertz CT molecular complexity index is 1020. The summed E-state index contributed by atoms with van der Waals surface area (Å²) in [6.45, 7) is 8.93. The van der Waals surface area contributed by atoms with E-state index in [1.54, 1.807) is 12.4 Å². The molecule has 1 aromatic carbocycles. The molecule has 0 atom stereocenters. The second kappa shape index (κ2) is 8.67. The van der Waals surface area contributed by atoms with Crippen LogP contribution < -0.4 is 9.80 Å². The van der Waals surface area contributed by atoms with Gasteiger partial charge in [-0.1, -0.05) is 6.08 Å². The largest absolute Gasteiger partial charge is 0.360 e. The van der Waals surface area contributed by atoms with Gasteiger partial charge in [0.05, 0.1) is 26.2 Å². The summed E-state index contributed by atoms with van der Waals surface area (Å²) in [5.41, 5.74) is 2.01. The maximum Gasteiger partial charge on any atom is 0.203 e. The van der Waals surface area contributed by atoms with Crippen molar-refractivity contribution in [3.05, 3.63) is 72.0 Å². The first-order valence-corrected chi connectivity index (χ1v) is 10.1. The van der Waals surface area contributed by atoms with E-state index in [0.29, 0.717) is 18.0 Å². The van der Waals surface area contributed by atoms with E-state index in [4.69, 9.17) is 17.3 Å². The molecule has 0 bridgehead atoms. The number of hydrogen-bond acceptors (Lipinski definition) is 4. The molecule has 1 fully saturated rings. The third-order valence-corrected chi connectivity index (χ3v) is 5.62. The molecule has 0 saturated carbocycles. The van der Waals surface area contributed by atoms with E-state index in [2.05, 4.69) is 16.5 Å². The molecule has 1 aliphatic rings. The fourth-order valence-electron chi connectivity index (χ4n) is 3.65. The molecule has 0 unspecified atom stereocenters. The lowest BCUT2D eigenvalue weighted by Gasteiger charge is -2.33. The first-order chi connectivity index (χ1) is 14.2. The highest BCUT2D eigenvalue weighted by atomic mass is 32.1. The van der Waals surface area contributed by atoms with Gasteiger partial charge in [-0.3, -0.25) is 9.55 Å². The van der Waals surface area contributed by atoms with Gasteiger partial charge in [-0.25, -0.2) is 4.39 Å². The van der Waals surface area contributed by atoms with Crippen LogP contribution in [0.25, 0.3) is 11.4 Å². The molecule has 2 aromatic heterocycles. The van der Waals surface area contributed by atoms with Gasteiger partial charge in [-0.05, 0) is 48.6 Å². The third-order valence-electron chi connectivity index (χ3n) is 5.19. The Morgan fingerprint density at radius 1 is 1.17 bits per heavy atom. The van der Waals surface area contributed by atoms with Crippen LogP contribution in [0.3, 0.4) is 0 Å². The van der Waals surface area contributed by atoms with Crippen LogP contribution in [0.4, 0.5) is 10.1 Å². The molecule has 1 aliphatic heterocycles. The Morgan fingerprint density at radius 2 is 1.93 bits per heavy atom. The molecule has 0 aliphatic carbocycles. The summed E-state index contributed by atoms with van der Waals surface area (Å²) in [6, 6.07) is 10.6. The van der Waals surface area contributed by atoms with Crippen molar-refractivity contribution < 1.29 is 9.29 Å². The van der Waals surface area contributed by atoms with Crippen molar-refractivity contribution >= 4 is 17.9 Å². The maximum atomic E-state index is 13.2. The lowest BCUT2D eigenvalue weighted by atomic mass is 10.2. The van der Waals surface area contributed by atoms with Crippen LogP contribution in [0, 0.1) is 10.6 Å². The number of halogens is 1. The summed E-state index contributed by atoms with van der Waals surface area (Å²) in [4.78, 5) is 7.91. The predicted octanol–water partition coefficient (Wildman–Crippen LogP) is 2.16. The van der Waals surface area contributed by atoms with Crippen molar-refractivity contribution in [1.29, 1.82) is 0 Å². The van der Waals surface area contributed by atoms with Gasteiger partial charge in [0.15, 0.2) is 12.5 Å². The van der Waals surface area contributed by atoms with Crippen molar-refractivity contribution in [2.45, 2.75) is 13.2 Å². The second-order valence-corrected chi connectivity index (χ2v) is 7.48. The summed E-state index contributed by atoms with van der Waals surface area (Å²) < 4.78 is 17.7. The number of aromatic nitrogens is 4. The van der Waals surface area contributed by atoms with Crippen LogP contribution in [-0.2, 0) is 13.2 Å². The smallest absolute Gasteiger partial charge is 0.203 e. The number of benzene rings is 1. The van der Waals surface area contributed by atoms with Crippen molar-refractivity contribution in [1.82, 2.24) is 19.3 Å². The van der Waals surface area contributed by atoms with Crippen LogP contribution in [0.15, 0.2) is 61.4 Å². The van der Waals surface area contributed by atoms with E-state index in [9.17, 15) is 4.39 Å². The molecule has 4 rings (SSSR count). The van der Waals surface area contributed by atoms with E-state index in [1.165, 1.54) is 17.0 Å². The van der Waals surface area contributed by atoms with Crippen molar-refractivity contribution in [2.24, 2.45) is 0 Å². The van der Waals surface area contributed by atoms with Gasteiger partial charge < -0.3 is 9.80 Å². The minimum absolute atomic E-state index is 0.202. The Balaban J connectivity index is 1.48. The van der Waals surface area contributed by atoms with Crippen LogP contribution in [0.2, 0.25) is 0 Å². The number of hydrogen-bond donors (Lipinski definition) is 1. The number of quaternary nitrogens is 1. The molecule has 1 N–H and O–H groups in total. The molecule has 3 heterocycles. The van der Waals surface area contributed by atoms with E-state index in [0.717, 1.165) is 43.3 Å². The molecular formula is C21H24FN6S+. The number of nitrogens with one attached hydrogen (secondary N) is 1. The second-order valence-electron chi connectivity index (χ2n) is 7.12. The molecule has 1 saturated heterocycles. The van der Waals surface area contributed by atoms with Gasteiger partial charge >= 0.3 is 0 Å². The molecule has 0 radical (unpaired) electrons. The third kappa shape index (κ3) is 4.28. The van der Waals surface area contributed by atoms with Crippen LogP contribution >= 0.6 is 12.2 Å². The Morgan fingerprint density at radius 3 is 2.59 bits per heavy atom. The average molecular weight is 412 g/mol. The highest BCUT2D eigenvalue weighted by Gasteiger charge is 2.22. The van der Waals surface area contributed by atoms with Gasteiger partial charge in [0.1, 0.15) is 5.82 Å². The Hall–Kier alpha value is -2.84. The van der Waals surface area contributed by atoms with E-state index >= 15 is 0 Å². The van der Waals surface area contributed by atoms with Gasteiger partial charge in [0.2, 0.25) is 4.77 Å². The summed E-state index contributed by atoms with van der Waals surface area (Å²) in [7, 11) is 0. The summed E-state index contributed by atoms with van der Waals surface area (Å²) in [5, 5.41) is 4.79. The quantitative estimate of drug-likeness (QED) is 0.499.